The largest absolute Gasteiger partial charge is 0.497 e. The van der Waals surface area contributed by atoms with Gasteiger partial charge in [0.15, 0.2) is 6.29 Å². The van der Waals surface area contributed by atoms with Crippen molar-refractivity contribution in [1.29, 1.82) is 0 Å². The van der Waals surface area contributed by atoms with Gasteiger partial charge in [0.25, 0.3) is 0 Å². The van der Waals surface area contributed by atoms with Gasteiger partial charge in [-0.05, 0) is 18.4 Å². The molecule has 0 saturated carbocycles. The van der Waals surface area contributed by atoms with E-state index >= 15 is 0 Å². The highest BCUT2D eigenvalue weighted by molar-refractivity contribution is 8.13. The summed E-state index contributed by atoms with van der Waals surface area (Å²) in [6, 6.07) is 7.33. The molecule has 7 atom stereocenters. The van der Waals surface area contributed by atoms with Crippen LogP contribution in [0.25, 0.3) is 0 Å². The fourth-order valence-electron chi connectivity index (χ4n) is 2.84. The molecule has 0 spiro atoms. The van der Waals surface area contributed by atoms with Crippen molar-refractivity contribution in [2.24, 2.45) is 0 Å². The van der Waals surface area contributed by atoms with Crippen LogP contribution in [-0.4, -0.2) is 65.9 Å². The van der Waals surface area contributed by atoms with Gasteiger partial charge in [0.1, 0.15) is 35.6 Å². The maximum Gasteiger partial charge on any atom is 0.184 e. The average Bonchev–Trinajstić information content (AvgIpc) is 2.57. The number of rotatable bonds is 3. The Labute approximate surface area is 137 Å². The maximum absolute atomic E-state index is 10.4. The second kappa shape index (κ2) is 6.88. The molecule has 7 heteroatoms. The molecule has 7 unspecified atom stereocenters. The van der Waals surface area contributed by atoms with Gasteiger partial charge in [-0.2, -0.15) is 10.5 Å². The fraction of sp³-hybridized carbons (Fsp3) is 0.562. The zero-order valence-corrected chi connectivity index (χ0v) is 13.9. The first kappa shape index (κ1) is 16.9. The minimum Gasteiger partial charge on any atom is -0.497 e. The molecule has 2 saturated heterocycles. The molecule has 6 nitrogen and oxygen atoms in total. The summed E-state index contributed by atoms with van der Waals surface area (Å²) in [6.07, 6.45) is -1.83. The molecule has 1 aromatic rings. The lowest BCUT2D eigenvalue weighted by molar-refractivity contribution is -0.318. The van der Waals surface area contributed by atoms with Crippen molar-refractivity contribution in [3.05, 3.63) is 29.8 Å². The number of ether oxygens (including phenoxy) is 4. The lowest BCUT2D eigenvalue weighted by Gasteiger charge is -2.46. The monoisotopic (exact) mass is 342 g/mol. The predicted octanol–water partition coefficient (Wildman–Crippen LogP) is 0.887. The zero-order valence-electron chi connectivity index (χ0n) is 13.1. The lowest BCUT2D eigenvalue weighted by atomic mass is 9.99. The zero-order chi connectivity index (χ0) is 16.6. The number of methoxy groups -OCH3 is 1. The molecular formula is C16H22O6S. The molecule has 0 radical (unpaired) electrons. The van der Waals surface area contributed by atoms with Crippen molar-refractivity contribution in [1.82, 2.24) is 0 Å². The van der Waals surface area contributed by atoms with Crippen molar-refractivity contribution in [2.75, 3.05) is 20.0 Å². The van der Waals surface area contributed by atoms with Crippen LogP contribution < -0.4 is 4.74 Å². The van der Waals surface area contributed by atoms with E-state index in [0.29, 0.717) is 6.61 Å². The quantitative estimate of drug-likeness (QED) is 0.795. The Balaban J connectivity index is 1.73. The van der Waals surface area contributed by atoms with E-state index in [2.05, 4.69) is 5.87 Å². The first-order valence-corrected chi connectivity index (χ1v) is 9.25. The van der Waals surface area contributed by atoms with E-state index in [1.807, 2.05) is 30.5 Å². The average molecular weight is 342 g/mol. The highest BCUT2D eigenvalue weighted by Crippen LogP contribution is 2.37. The molecule has 2 aliphatic rings. The summed E-state index contributed by atoms with van der Waals surface area (Å²) in [7, 11) is 1.18. The van der Waals surface area contributed by atoms with Gasteiger partial charge < -0.3 is 29.2 Å². The predicted molar refractivity (Wildman–Crippen MR) is 87.9 cm³/mol. The third-order valence-corrected chi connectivity index (χ3v) is 5.30. The van der Waals surface area contributed by atoms with Crippen LogP contribution in [0, 0.1) is 0 Å². The smallest absolute Gasteiger partial charge is 0.184 e. The van der Waals surface area contributed by atoms with Gasteiger partial charge in [0.05, 0.1) is 13.7 Å². The van der Waals surface area contributed by atoms with E-state index in [-0.39, 0.29) is 0 Å². The van der Waals surface area contributed by atoms with E-state index in [1.54, 1.807) is 7.11 Å². The van der Waals surface area contributed by atoms with Crippen molar-refractivity contribution in [3.63, 3.8) is 0 Å². The van der Waals surface area contributed by atoms with E-state index in [9.17, 15) is 10.2 Å². The van der Waals surface area contributed by atoms with Crippen molar-refractivity contribution in [3.8, 4) is 5.75 Å². The summed E-state index contributed by atoms with van der Waals surface area (Å²) in [5.41, 5.74) is 0.316. The van der Waals surface area contributed by atoms with Gasteiger partial charge in [-0.25, -0.2) is 0 Å². The molecule has 2 N–H and O–H groups in total. The van der Waals surface area contributed by atoms with Crippen molar-refractivity contribution < 1.29 is 29.2 Å². The highest BCUT2D eigenvalue weighted by Gasteiger charge is 2.48. The third kappa shape index (κ3) is 3.31. The third-order valence-electron chi connectivity index (χ3n) is 4.12. The molecule has 0 bridgehead atoms. The maximum atomic E-state index is 10.4. The molecule has 0 aliphatic carbocycles. The Kier molecular flexibility index (Phi) is 5.05. The van der Waals surface area contributed by atoms with Crippen LogP contribution in [0.2, 0.25) is 0 Å². The van der Waals surface area contributed by atoms with Crippen LogP contribution in [0.1, 0.15) is 11.9 Å². The minimum absolute atomic E-state index is 0.291. The fourth-order valence-corrected chi connectivity index (χ4v) is 3.81. The summed E-state index contributed by atoms with van der Waals surface area (Å²) >= 11 is 0. The van der Waals surface area contributed by atoms with Gasteiger partial charge in [-0.1, -0.05) is 18.0 Å². The van der Waals surface area contributed by atoms with Crippen LogP contribution in [0.3, 0.4) is 0 Å². The summed E-state index contributed by atoms with van der Waals surface area (Å²) < 4.78 is 22.5. The van der Waals surface area contributed by atoms with Gasteiger partial charge >= 0.3 is 0 Å². The van der Waals surface area contributed by atoms with Crippen LogP contribution in [0.5, 0.6) is 5.75 Å². The summed E-state index contributed by atoms with van der Waals surface area (Å²) in [6.45, 7) is 0.291. The second-order valence-electron chi connectivity index (χ2n) is 5.75. The lowest BCUT2D eigenvalue weighted by Crippen LogP contribution is -2.61. The van der Waals surface area contributed by atoms with Crippen LogP contribution in [0.15, 0.2) is 24.3 Å². The summed E-state index contributed by atoms with van der Waals surface area (Å²) in [5, 5.41) is 20.6. The molecule has 0 aromatic heterocycles. The first-order chi connectivity index (χ1) is 11.0. The van der Waals surface area contributed by atoms with Crippen LogP contribution in [0.4, 0.5) is 0 Å². The SMILES string of the molecule is C=S(C)C1OC2COC(c3ccc(OC)cc3)OC2C(O)C1O. The molecule has 2 fully saturated rings. The normalized spacial score (nSPS) is 38.6. The number of fused-ring (bicyclic) bond motifs is 1. The van der Waals surface area contributed by atoms with E-state index in [0.717, 1.165) is 11.3 Å². The van der Waals surface area contributed by atoms with Gasteiger partial charge in [-0.15, -0.1) is 0 Å². The van der Waals surface area contributed by atoms with E-state index < -0.39 is 46.6 Å². The standard InChI is InChI=1S/C16H22O6S/c1-19-10-6-4-9(5-7-10)15-20-8-11-14(22-15)12(17)13(18)16(21-11)23(2)3/h4-7,11-18H,2,8H2,1,3H3. The Morgan fingerprint density at radius 3 is 2.48 bits per heavy atom. The second-order valence-corrected chi connectivity index (χ2v) is 7.60. The number of hydrogen-bond donors (Lipinski definition) is 2. The van der Waals surface area contributed by atoms with E-state index in [1.165, 1.54) is 0 Å². The number of aliphatic hydroxyl groups is 2. The summed E-state index contributed by atoms with van der Waals surface area (Å²) in [4.78, 5) is 0. The van der Waals surface area contributed by atoms with Gasteiger partial charge in [-0.3, -0.25) is 0 Å². The van der Waals surface area contributed by atoms with Crippen LogP contribution in [-0.2, 0) is 14.2 Å². The molecule has 128 valence electrons. The van der Waals surface area contributed by atoms with Crippen LogP contribution >= 0.6 is 10.5 Å². The Hall–Kier alpha value is -0.960. The Morgan fingerprint density at radius 1 is 1.17 bits per heavy atom. The highest BCUT2D eigenvalue weighted by atomic mass is 32.2. The molecule has 1 aromatic carbocycles. The van der Waals surface area contributed by atoms with Crippen molar-refractivity contribution in [2.45, 2.75) is 36.1 Å². The molecular weight excluding hydrogens is 320 g/mol. The molecule has 0 amide bonds. The molecule has 2 aliphatic heterocycles. The first-order valence-electron chi connectivity index (χ1n) is 7.38. The van der Waals surface area contributed by atoms with Gasteiger partial charge in [0.2, 0.25) is 0 Å². The van der Waals surface area contributed by atoms with E-state index in [4.69, 9.17) is 18.9 Å². The number of benzene rings is 1. The topological polar surface area (TPSA) is 77.4 Å². The van der Waals surface area contributed by atoms with Gasteiger partial charge in [0, 0.05) is 5.56 Å². The molecule has 23 heavy (non-hydrogen) atoms. The Morgan fingerprint density at radius 2 is 1.87 bits per heavy atom. The molecule has 2 heterocycles. The molecule has 3 rings (SSSR count). The summed E-state index contributed by atoms with van der Waals surface area (Å²) in [5.74, 6) is 4.64. The minimum atomic E-state index is -1.03. The number of aliphatic hydroxyl groups excluding tert-OH is 2. The number of hydrogen-bond acceptors (Lipinski definition) is 6. The Bertz CT molecular complexity index is 560. The van der Waals surface area contributed by atoms with Crippen molar-refractivity contribution >= 4 is 16.4 Å².